The zero-order valence-corrected chi connectivity index (χ0v) is 17.9. The molecule has 8 heteroatoms. The van der Waals surface area contributed by atoms with E-state index in [1.165, 1.54) is 0 Å². The molecule has 166 valence electrons. The molecule has 2 rings (SSSR count). The van der Waals surface area contributed by atoms with Gasteiger partial charge in [0.15, 0.2) is 6.61 Å². The van der Waals surface area contributed by atoms with Crippen LogP contribution in [0.15, 0.2) is 54.6 Å². The Kier molecular flexibility index (Phi) is 8.43. The molecule has 0 unspecified atom stereocenters. The number of nitrogens with two attached hydrogens (primary N) is 1. The zero-order valence-electron chi connectivity index (χ0n) is 17.9. The van der Waals surface area contributed by atoms with Gasteiger partial charge >= 0.3 is 12.1 Å². The van der Waals surface area contributed by atoms with Crippen LogP contribution < -0.4 is 15.8 Å². The second-order valence-electron chi connectivity index (χ2n) is 7.89. The van der Waals surface area contributed by atoms with E-state index in [0.717, 1.165) is 5.56 Å². The van der Waals surface area contributed by atoms with Crippen molar-refractivity contribution < 1.29 is 28.6 Å². The highest BCUT2D eigenvalue weighted by atomic mass is 16.6. The van der Waals surface area contributed by atoms with E-state index in [1.807, 2.05) is 30.3 Å². The summed E-state index contributed by atoms with van der Waals surface area (Å²) in [7, 11) is 0. The van der Waals surface area contributed by atoms with Crippen LogP contribution in [0.25, 0.3) is 0 Å². The third-order valence-corrected chi connectivity index (χ3v) is 3.96. The molecule has 0 radical (unpaired) electrons. The maximum atomic E-state index is 12.1. The van der Waals surface area contributed by atoms with Crippen LogP contribution in [0.2, 0.25) is 0 Å². The Labute approximate surface area is 181 Å². The first kappa shape index (κ1) is 23.7. The summed E-state index contributed by atoms with van der Waals surface area (Å²) in [5, 5.41) is 2.48. The lowest BCUT2D eigenvalue weighted by Crippen LogP contribution is -2.46. The summed E-state index contributed by atoms with van der Waals surface area (Å²) < 4.78 is 15.8. The Bertz CT molecular complexity index is 892. The molecular weight excluding hydrogens is 400 g/mol. The van der Waals surface area contributed by atoms with Gasteiger partial charge in [-0.2, -0.15) is 0 Å². The van der Waals surface area contributed by atoms with Gasteiger partial charge in [-0.1, -0.05) is 42.5 Å². The fourth-order valence-corrected chi connectivity index (χ4v) is 2.64. The lowest BCUT2D eigenvalue weighted by atomic mass is 10.1. The number of rotatable bonds is 9. The van der Waals surface area contributed by atoms with Gasteiger partial charge in [0.25, 0.3) is 0 Å². The number of nitrogens with one attached hydrogen (secondary N) is 1. The summed E-state index contributed by atoms with van der Waals surface area (Å²) in [4.78, 5) is 35.7. The van der Waals surface area contributed by atoms with E-state index >= 15 is 0 Å². The minimum absolute atomic E-state index is 0.0755. The zero-order chi connectivity index (χ0) is 22.9. The van der Waals surface area contributed by atoms with Crippen molar-refractivity contribution in [2.45, 2.75) is 45.4 Å². The second-order valence-corrected chi connectivity index (χ2v) is 7.89. The maximum absolute atomic E-state index is 12.1. The number of esters is 1. The molecule has 0 aliphatic rings. The summed E-state index contributed by atoms with van der Waals surface area (Å²) in [5.41, 5.74) is 6.35. The Hall–Kier alpha value is -3.55. The summed E-state index contributed by atoms with van der Waals surface area (Å²) in [6, 6.07) is 15.0. The van der Waals surface area contributed by atoms with Crippen molar-refractivity contribution in [3.05, 3.63) is 65.7 Å². The quantitative estimate of drug-likeness (QED) is 0.593. The summed E-state index contributed by atoms with van der Waals surface area (Å²) >= 11 is 0. The fourth-order valence-electron chi connectivity index (χ4n) is 2.64. The molecule has 0 aromatic heterocycles. The van der Waals surface area contributed by atoms with Gasteiger partial charge in [0.1, 0.15) is 24.0 Å². The second kappa shape index (κ2) is 11.0. The van der Waals surface area contributed by atoms with E-state index in [4.69, 9.17) is 19.9 Å². The van der Waals surface area contributed by atoms with Gasteiger partial charge in [-0.3, -0.25) is 4.79 Å². The summed E-state index contributed by atoms with van der Waals surface area (Å²) in [6.45, 7) is 5.14. The molecule has 0 heterocycles. The molecule has 31 heavy (non-hydrogen) atoms. The van der Waals surface area contributed by atoms with Crippen LogP contribution >= 0.6 is 0 Å². The van der Waals surface area contributed by atoms with Crippen molar-refractivity contribution in [2.24, 2.45) is 5.73 Å². The largest absolute Gasteiger partial charge is 0.482 e. The van der Waals surface area contributed by atoms with Crippen LogP contribution in [0.1, 0.15) is 31.9 Å². The number of alkyl carbamates (subject to hydrolysis) is 1. The van der Waals surface area contributed by atoms with Crippen LogP contribution in [0.3, 0.4) is 0 Å². The Morgan fingerprint density at radius 3 is 2.32 bits per heavy atom. The van der Waals surface area contributed by atoms with Gasteiger partial charge in [0.05, 0.1) is 0 Å². The van der Waals surface area contributed by atoms with E-state index in [9.17, 15) is 14.4 Å². The van der Waals surface area contributed by atoms with Crippen LogP contribution in [0.4, 0.5) is 4.79 Å². The van der Waals surface area contributed by atoms with E-state index in [0.29, 0.717) is 11.3 Å². The fraction of sp³-hybridized carbons (Fsp3) is 0.348. The van der Waals surface area contributed by atoms with Crippen molar-refractivity contribution in [2.75, 3.05) is 6.61 Å². The predicted molar refractivity (Wildman–Crippen MR) is 114 cm³/mol. The third kappa shape index (κ3) is 9.20. The van der Waals surface area contributed by atoms with E-state index in [-0.39, 0.29) is 19.6 Å². The van der Waals surface area contributed by atoms with Crippen molar-refractivity contribution in [1.82, 2.24) is 5.32 Å². The average molecular weight is 428 g/mol. The van der Waals surface area contributed by atoms with E-state index in [2.05, 4.69) is 5.32 Å². The number of ether oxygens (including phenoxy) is 3. The molecule has 0 aliphatic heterocycles. The van der Waals surface area contributed by atoms with Gasteiger partial charge in [-0.05, 0) is 44.0 Å². The van der Waals surface area contributed by atoms with Crippen molar-refractivity contribution in [1.29, 1.82) is 0 Å². The Morgan fingerprint density at radius 1 is 1.00 bits per heavy atom. The smallest absolute Gasteiger partial charge is 0.408 e. The molecule has 0 bridgehead atoms. The highest BCUT2D eigenvalue weighted by molar-refractivity contribution is 5.84. The van der Waals surface area contributed by atoms with Gasteiger partial charge < -0.3 is 25.3 Å². The number of carbonyl (C=O) groups excluding carboxylic acids is 3. The van der Waals surface area contributed by atoms with Crippen LogP contribution in [0, 0.1) is 0 Å². The van der Waals surface area contributed by atoms with Crippen molar-refractivity contribution in [3.8, 4) is 5.75 Å². The first-order valence-corrected chi connectivity index (χ1v) is 9.82. The first-order valence-electron chi connectivity index (χ1n) is 9.82. The first-order chi connectivity index (χ1) is 14.6. The number of benzene rings is 2. The lowest BCUT2D eigenvalue weighted by Gasteiger charge is -2.19. The molecule has 8 nitrogen and oxygen atoms in total. The van der Waals surface area contributed by atoms with Gasteiger partial charge in [0, 0.05) is 6.42 Å². The maximum Gasteiger partial charge on any atom is 0.408 e. The molecule has 2 aromatic rings. The number of amides is 2. The molecule has 2 aromatic carbocycles. The van der Waals surface area contributed by atoms with Crippen molar-refractivity contribution in [3.63, 3.8) is 0 Å². The molecule has 0 saturated heterocycles. The molecule has 0 aliphatic carbocycles. The minimum atomic E-state index is -0.968. The highest BCUT2D eigenvalue weighted by Crippen LogP contribution is 2.16. The number of primary amides is 1. The third-order valence-electron chi connectivity index (χ3n) is 3.96. The summed E-state index contributed by atoms with van der Waals surface area (Å²) in [6.07, 6.45) is -0.607. The minimum Gasteiger partial charge on any atom is -0.482 e. The van der Waals surface area contributed by atoms with Crippen LogP contribution in [-0.4, -0.2) is 36.2 Å². The number of hydrogen-bond donors (Lipinski definition) is 2. The molecule has 1 atom stereocenters. The van der Waals surface area contributed by atoms with E-state index < -0.39 is 29.6 Å². The molecule has 0 fully saturated rings. The lowest BCUT2D eigenvalue weighted by molar-refractivity contribution is -0.157. The SMILES string of the molecule is CC(C)(C)OC(=O)COc1cccc(C[C@H](NC(=O)OCc2ccccc2)C(N)=O)c1. The monoisotopic (exact) mass is 428 g/mol. The van der Waals surface area contributed by atoms with Gasteiger partial charge in [-0.25, -0.2) is 9.59 Å². The summed E-state index contributed by atoms with van der Waals surface area (Å²) in [5.74, 6) is -0.759. The van der Waals surface area contributed by atoms with Gasteiger partial charge in [0.2, 0.25) is 5.91 Å². The molecule has 0 saturated carbocycles. The van der Waals surface area contributed by atoms with Crippen molar-refractivity contribution >= 4 is 18.0 Å². The highest BCUT2D eigenvalue weighted by Gasteiger charge is 2.20. The topological polar surface area (TPSA) is 117 Å². The standard InChI is InChI=1S/C23H28N2O6/c1-23(2,3)31-20(26)15-29-18-11-7-10-17(12-18)13-19(21(24)27)25-22(28)30-14-16-8-5-4-6-9-16/h4-12,19H,13-15H2,1-3H3,(H2,24,27)(H,25,28)/t19-/m0/s1. The molecule has 0 spiro atoms. The Morgan fingerprint density at radius 2 is 1.68 bits per heavy atom. The molecule has 3 N–H and O–H groups in total. The number of hydrogen-bond acceptors (Lipinski definition) is 6. The number of carbonyl (C=O) groups is 3. The van der Waals surface area contributed by atoms with Crippen LogP contribution in [0.5, 0.6) is 5.75 Å². The molecule has 2 amide bonds. The van der Waals surface area contributed by atoms with Gasteiger partial charge in [-0.15, -0.1) is 0 Å². The predicted octanol–water partition coefficient (Wildman–Crippen LogP) is 2.73. The molecular formula is C23H28N2O6. The van der Waals surface area contributed by atoms with E-state index in [1.54, 1.807) is 45.0 Å². The normalized spacial score (nSPS) is 11.8. The van der Waals surface area contributed by atoms with Crippen LogP contribution in [-0.2, 0) is 32.1 Å². The Balaban J connectivity index is 1.90. The average Bonchev–Trinajstić information content (AvgIpc) is 2.70.